The molecule has 0 aliphatic heterocycles. The molecule has 0 atom stereocenters. The summed E-state index contributed by atoms with van der Waals surface area (Å²) in [6, 6.07) is 0. The minimum absolute atomic E-state index is 0.0728. The van der Waals surface area contributed by atoms with Crippen molar-refractivity contribution in [1.82, 2.24) is 9.55 Å². The van der Waals surface area contributed by atoms with Gasteiger partial charge < -0.3 is 9.72 Å². The third-order valence-electron chi connectivity index (χ3n) is 3.86. The van der Waals surface area contributed by atoms with Gasteiger partial charge in [-0.25, -0.2) is 0 Å². The number of H-pyrrole nitrogens is 1. The summed E-state index contributed by atoms with van der Waals surface area (Å²) in [4.78, 5) is 18.3. The molecular formula is C15H20N2O2S2. The van der Waals surface area contributed by atoms with E-state index in [1.807, 2.05) is 0 Å². The highest BCUT2D eigenvalue weighted by atomic mass is 32.1. The summed E-state index contributed by atoms with van der Waals surface area (Å²) in [6.07, 6.45) is 5.12. The first-order valence-corrected chi connectivity index (χ1v) is 8.80. The second-order valence-corrected chi connectivity index (χ2v) is 6.91. The molecule has 0 saturated carbocycles. The van der Waals surface area contributed by atoms with Crippen LogP contribution in [0.15, 0.2) is 4.79 Å². The summed E-state index contributed by atoms with van der Waals surface area (Å²) in [6.45, 7) is 4.16. The van der Waals surface area contributed by atoms with Crippen LogP contribution in [0.1, 0.15) is 36.6 Å². The van der Waals surface area contributed by atoms with Crippen LogP contribution in [0.3, 0.4) is 0 Å². The predicted octanol–water partition coefficient (Wildman–Crippen LogP) is 3.43. The first-order chi connectivity index (χ1) is 10.2. The zero-order valence-corrected chi connectivity index (χ0v) is 13.9. The number of ether oxygens (including phenoxy) is 1. The average Bonchev–Trinajstić information content (AvgIpc) is 3.01. The smallest absolute Gasteiger partial charge is 0.263 e. The zero-order chi connectivity index (χ0) is 14.8. The lowest BCUT2D eigenvalue weighted by molar-refractivity contribution is 0.129. The fourth-order valence-corrected chi connectivity index (χ4v) is 4.51. The van der Waals surface area contributed by atoms with Crippen molar-refractivity contribution in [2.75, 3.05) is 13.2 Å². The second kappa shape index (κ2) is 6.42. The Hall–Kier alpha value is -0.980. The fraction of sp³-hybridized carbons (Fsp3) is 0.600. The van der Waals surface area contributed by atoms with Crippen LogP contribution in [-0.2, 0) is 24.1 Å². The van der Waals surface area contributed by atoms with Crippen LogP contribution >= 0.6 is 23.6 Å². The van der Waals surface area contributed by atoms with Gasteiger partial charge in [0.25, 0.3) is 5.56 Å². The van der Waals surface area contributed by atoms with Gasteiger partial charge in [-0.3, -0.25) is 9.36 Å². The Morgan fingerprint density at radius 1 is 1.38 bits per heavy atom. The molecule has 2 aromatic heterocycles. The van der Waals surface area contributed by atoms with E-state index in [1.165, 1.54) is 10.4 Å². The van der Waals surface area contributed by atoms with Crippen molar-refractivity contribution in [3.05, 3.63) is 25.6 Å². The Kier molecular flexibility index (Phi) is 4.57. The quantitative estimate of drug-likeness (QED) is 0.654. The van der Waals surface area contributed by atoms with Crippen LogP contribution in [0.4, 0.5) is 0 Å². The Morgan fingerprint density at radius 3 is 3.05 bits per heavy atom. The molecule has 0 spiro atoms. The molecule has 114 valence electrons. The van der Waals surface area contributed by atoms with Crippen molar-refractivity contribution in [2.45, 2.75) is 45.6 Å². The summed E-state index contributed by atoms with van der Waals surface area (Å²) >= 11 is 7.05. The Bertz CT molecular complexity index is 757. The number of hydrogen-bond acceptors (Lipinski definition) is 4. The van der Waals surface area contributed by atoms with Crippen molar-refractivity contribution >= 4 is 33.8 Å². The van der Waals surface area contributed by atoms with E-state index in [0.29, 0.717) is 17.9 Å². The minimum Gasteiger partial charge on any atom is -0.381 e. The van der Waals surface area contributed by atoms with Crippen LogP contribution in [0.25, 0.3) is 10.2 Å². The zero-order valence-electron chi connectivity index (χ0n) is 12.2. The van der Waals surface area contributed by atoms with Gasteiger partial charge in [0.1, 0.15) is 4.83 Å². The SMILES string of the molecule is CCCOCCCn1c(=S)[nH]c2sc3c(c2c1=O)CCC3. The standard InChI is InChI=1S/C15H20N2O2S2/c1-2-8-19-9-4-7-17-14(18)12-10-5-3-6-11(10)21-13(12)16-15(17)20/h2-9H2,1H3,(H,16,20). The summed E-state index contributed by atoms with van der Waals surface area (Å²) < 4.78 is 7.70. The second-order valence-electron chi connectivity index (χ2n) is 5.41. The van der Waals surface area contributed by atoms with Crippen LogP contribution in [-0.4, -0.2) is 22.8 Å². The maximum Gasteiger partial charge on any atom is 0.263 e. The maximum absolute atomic E-state index is 12.7. The summed E-state index contributed by atoms with van der Waals surface area (Å²) in [5, 5.41) is 0.871. The van der Waals surface area contributed by atoms with Gasteiger partial charge in [0.05, 0.1) is 5.39 Å². The van der Waals surface area contributed by atoms with E-state index in [0.717, 1.165) is 48.9 Å². The van der Waals surface area contributed by atoms with Crippen LogP contribution < -0.4 is 5.56 Å². The number of thiophene rings is 1. The molecule has 0 bridgehead atoms. The van der Waals surface area contributed by atoms with E-state index < -0.39 is 0 Å². The van der Waals surface area contributed by atoms with Crippen LogP contribution in [0, 0.1) is 4.77 Å². The predicted molar refractivity (Wildman–Crippen MR) is 89.0 cm³/mol. The number of aromatic amines is 1. The largest absolute Gasteiger partial charge is 0.381 e. The first-order valence-electron chi connectivity index (χ1n) is 7.57. The number of nitrogens with one attached hydrogen (secondary N) is 1. The monoisotopic (exact) mass is 324 g/mol. The highest BCUT2D eigenvalue weighted by molar-refractivity contribution is 7.71. The van der Waals surface area contributed by atoms with Gasteiger partial charge in [-0.2, -0.15) is 0 Å². The molecule has 0 unspecified atom stereocenters. The lowest BCUT2D eigenvalue weighted by Crippen LogP contribution is -2.23. The van der Waals surface area contributed by atoms with E-state index >= 15 is 0 Å². The highest BCUT2D eigenvalue weighted by Crippen LogP contribution is 2.34. The number of hydrogen-bond donors (Lipinski definition) is 1. The van der Waals surface area contributed by atoms with Crippen molar-refractivity contribution in [3.8, 4) is 0 Å². The number of aryl methyl sites for hydroxylation is 2. The van der Waals surface area contributed by atoms with Crippen molar-refractivity contribution in [3.63, 3.8) is 0 Å². The lowest BCUT2D eigenvalue weighted by Gasteiger charge is -2.07. The Labute approximate surface area is 132 Å². The van der Waals surface area contributed by atoms with E-state index in [1.54, 1.807) is 15.9 Å². The van der Waals surface area contributed by atoms with E-state index in [-0.39, 0.29) is 5.56 Å². The van der Waals surface area contributed by atoms with Crippen molar-refractivity contribution in [1.29, 1.82) is 0 Å². The van der Waals surface area contributed by atoms with Crippen LogP contribution in [0.2, 0.25) is 0 Å². The van der Waals surface area contributed by atoms with E-state index in [4.69, 9.17) is 17.0 Å². The van der Waals surface area contributed by atoms with Gasteiger partial charge in [0.2, 0.25) is 0 Å². The molecule has 1 aliphatic rings. The summed E-state index contributed by atoms with van der Waals surface area (Å²) in [7, 11) is 0. The van der Waals surface area contributed by atoms with Crippen LogP contribution in [0.5, 0.6) is 0 Å². The summed E-state index contributed by atoms with van der Waals surface area (Å²) in [5.74, 6) is 0. The van der Waals surface area contributed by atoms with E-state index in [2.05, 4.69) is 11.9 Å². The fourth-order valence-electron chi connectivity index (χ4n) is 2.88. The Balaban J connectivity index is 1.88. The molecule has 0 saturated heterocycles. The topological polar surface area (TPSA) is 47.0 Å². The molecule has 2 heterocycles. The third kappa shape index (κ3) is 2.84. The summed E-state index contributed by atoms with van der Waals surface area (Å²) in [5.41, 5.74) is 1.32. The number of rotatable bonds is 6. The van der Waals surface area contributed by atoms with Gasteiger partial charge in [0, 0.05) is 24.6 Å². The molecule has 0 fully saturated rings. The van der Waals surface area contributed by atoms with Gasteiger partial charge in [-0.05, 0) is 49.9 Å². The van der Waals surface area contributed by atoms with Crippen molar-refractivity contribution < 1.29 is 4.74 Å². The Morgan fingerprint density at radius 2 is 2.24 bits per heavy atom. The normalized spacial score (nSPS) is 14.0. The van der Waals surface area contributed by atoms with Gasteiger partial charge in [0.15, 0.2) is 4.77 Å². The van der Waals surface area contributed by atoms with E-state index in [9.17, 15) is 4.79 Å². The molecule has 1 N–H and O–H groups in total. The lowest BCUT2D eigenvalue weighted by atomic mass is 10.2. The number of fused-ring (bicyclic) bond motifs is 3. The van der Waals surface area contributed by atoms with Crippen molar-refractivity contribution in [2.24, 2.45) is 0 Å². The molecule has 6 heteroatoms. The van der Waals surface area contributed by atoms with Gasteiger partial charge in [-0.1, -0.05) is 6.92 Å². The molecule has 1 aliphatic carbocycles. The number of aromatic nitrogens is 2. The number of nitrogens with zero attached hydrogens (tertiary/aromatic N) is 1. The third-order valence-corrected chi connectivity index (χ3v) is 5.39. The van der Waals surface area contributed by atoms with Gasteiger partial charge >= 0.3 is 0 Å². The molecule has 3 rings (SSSR count). The molecular weight excluding hydrogens is 304 g/mol. The first kappa shape index (κ1) is 14.9. The molecule has 0 radical (unpaired) electrons. The molecule has 2 aromatic rings. The molecule has 4 nitrogen and oxygen atoms in total. The maximum atomic E-state index is 12.7. The van der Waals surface area contributed by atoms with Gasteiger partial charge in [-0.15, -0.1) is 11.3 Å². The molecule has 0 aromatic carbocycles. The minimum atomic E-state index is 0.0728. The molecule has 21 heavy (non-hydrogen) atoms. The molecule has 0 amide bonds. The average molecular weight is 324 g/mol. The highest BCUT2D eigenvalue weighted by Gasteiger charge is 2.21.